The molecule has 1 atom stereocenters. The maximum Gasteiger partial charge on any atom is 0.418 e. The van der Waals surface area contributed by atoms with E-state index in [0.29, 0.717) is 0 Å². The lowest BCUT2D eigenvalue weighted by Crippen LogP contribution is -2.47. The average Bonchev–Trinajstić information content (AvgIpc) is 2.32. The van der Waals surface area contributed by atoms with Gasteiger partial charge in [0.05, 0.1) is 6.61 Å². The summed E-state index contributed by atoms with van der Waals surface area (Å²) in [5, 5.41) is 17.7. The van der Waals surface area contributed by atoms with Gasteiger partial charge in [0.2, 0.25) is 0 Å². The van der Waals surface area contributed by atoms with Gasteiger partial charge in [0, 0.05) is 19.6 Å². The zero-order valence-electron chi connectivity index (χ0n) is 7.01. The first-order valence-electron chi connectivity index (χ1n) is 4.01. The maximum atomic E-state index is 12.2. The first-order valence-corrected chi connectivity index (χ1v) is 4.01. The molecule has 0 radical (unpaired) electrons. The number of halogens is 3. The van der Waals surface area contributed by atoms with E-state index in [0.717, 1.165) is 0 Å². The van der Waals surface area contributed by atoms with Crippen LogP contribution in [0.1, 0.15) is 6.42 Å². The number of alkyl halides is 3. The average molecular weight is 199 g/mol. The molecule has 1 saturated heterocycles. The highest BCUT2D eigenvalue weighted by Gasteiger charge is 2.56. The Morgan fingerprint density at radius 3 is 2.38 bits per heavy atom. The van der Waals surface area contributed by atoms with Gasteiger partial charge >= 0.3 is 6.18 Å². The van der Waals surface area contributed by atoms with Crippen LogP contribution in [-0.2, 0) is 0 Å². The van der Waals surface area contributed by atoms with Gasteiger partial charge in [0.15, 0.2) is 5.60 Å². The summed E-state index contributed by atoms with van der Waals surface area (Å²) in [7, 11) is 0. The quantitative estimate of drug-likeness (QED) is 0.656. The number of aliphatic hydroxyl groups is 2. The van der Waals surface area contributed by atoms with Crippen LogP contribution in [-0.4, -0.2) is 53.1 Å². The molecule has 1 heterocycles. The molecule has 78 valence electrons. The van der Waals surface area contributed by atoms with Crippen LogP contribution in [0.15, 0.2) is 0 Å². The van der Waals surface area contributed by atoms with E-state index in [2.05, 4.69) is 0 Å². The monoisotopic (exact) mass is 199 g/mol. The number of aliphatic hydroxyl groups excluding tert-OH is 1. The summed E-state index contributed by atoms with van der Waals surface area (Å²) in [6, 6.07) is 0. The minimum Gasteiger partial charge on any atom is -0.395 e. The third kappa shape index (κ3) is 2.12. The first kappa shape index (κ1) is 10.7. The summed E-state index contributed by atoms with van der Waals surface area (Å²) < 4.78 is 36.7. The van der Waals surface area contributed by atoms with Crippen molar-refractivity contribution in [3.8, 4) is 0 Å². The number of rotatable bonds is 2. The van der Waals surface area contributed by atoms with Gasteiger partial charge < -0.3 is 10.2 Å². The summed E-state index contributed by atoms with van der Waals surface area (Å²) in [5.74, 6) is 0. The number of nitrogens with zero attached hydrogens (tertiary/aromatic N) is 1. The zero-order chi connectivity index (χ0) is 10.1. The maximum absolute atomic E-state index is 12.2. The van der Waals surface area contributed by atoms with E-state index in [4.69, 9.17) is 5.11 Å². The minimum atomic E-state index is -4.57. The predicted molar refractivity (Wildman–Crippen MR) is 39.1 cm³/mol. The van der Waals surface area contributed by atoms with Crippen molar-refractivity contribution in [3.63, 3.8) is 0 Å². The molecule has 0 amide bonds. The lowest BCUT2D eigenvalue weighted by molar-refractivity contribution is -0.254. The topological polar surface area (TPSA) is 43.7 Å². The second-order valence-electron chi connectivity index (χ2n) is 3.28. The molecule has 0 aliphatic carbocycles. The molecule has 2 N–H and O–H groups in total. The summed E-state index contributed by atoms with van der Waals surface area (Å²) in [5.41, 5.74) is -2.58. The summed E-state index contributed by atoms with van der Waals surface area (Å²) in [6.07, 6.45) is -4.88. The Kier molecular flexibility index (Phi) is 2.84. The van der Waals surface area contributed by atoms with Crippen LogP contribution in [0.4, 0.5) is 13.2 Å². The highest BCUT2D eigenvalue weighted by molar-refractivity contribution is 4.95. The molecule has 3 nitrogen and oxygen atoms in total. The largest absolute Gasteiger partial charge is 0.418 e. The van der Waals surface area contributed by atoms with Gasteiger partial charge in [-0.15, -0.1) is 0 Å². The Bertz CT molecular complexity index is 185. The standard InChI is InChI=1S/C7H12F3NO2/c8-7(9,10)6(13)1-2-11(5-6)3-4-12/h12-13H,1-5H2/t6-/m1/s1. The Morgan fingerprint density at radius 1 is 1.38 bits per heavy atom. The highest BCUT2D eigenvalue weighted by atomic mass is 19.4. The third-order valence-electron chi connectivity index (χ3n) is 2.27. The van der Waals surface area contributed by atoms with Gasteiger partial charge in [-0.05, 0) is 6.42 Å². The summed E-state index contributed by atoms with van der Waals surface area (Å²) in [4.78, 5) is 1.40. The van der Waals surface area contributed by atoms with Crippen LogP contribution >= 0.6 is 0 Å². The molecule has 0 spiro atoms. The van der Waals surface area contributed by atoms with E-state index in [1.54, 1.807) is 0 Å². The van der Waals surface area contributed by atoms with Crippen LogP contribution in [0.2, 0.25) is 0 Å². The van der Waals surface area contributed by atoms with E-state index in [1.807, 2.05) is 0 Å². The fourth-order valence-electron chi connectivity index (χ4n) is 1.43. The molecular formula is C7H12F3NO2. The van der Waals surface area contributed by atoms with Gasteiger partial charge in [-0.1, -0.05) is 0 Å². The van der Waals surface area contributed by atoms with Crippen LogP contribution in [0.3, 0.4) is 0 Å². The van der Waals surface area contributed by atoms with Gasteiger partial charge in [-0.25, -0.2) is 0 Å². The van der Waals surface area contributed by atoms with E-state index >= 15 is 0 Å². The number of β-amino-alcohol motifs (C(OH)–C–C–N with tert-alkyl or cyclic N) is 2. The van der Waals surface area contributed by atoms with Crippen molar-refractivity contribution >= 4 is 0 Å². The predicted octanol–water partition coefficient (Wildman–Crippen LogP) is -0.0222. The van der Waals surface area contributed by atoms with Gasteiger partial charge in [-0.3, -0.25) is 4.90 Å². The first-order chi connectivity index (χ1) is 5.89. The molecule has 0 bridgehead atoms. The smallest absolute Gasteiger partial charge is 0.395 e. The van der Waals surface area contributed by atoms with Crippen molar-refractivity contribution in [2.75, 3.05) is 26.2 Å². The molecule has 1 fully saturated rings. The number of hydrogen-bond acceptors (Lipinski definition) is 3. The van der Waals surface area contributed by atoms with E-state index in [9.17, 15) is 18.3 Å². The lowest BCUT2D eigenvalue weighted by Gasteiger charge is -2.25. The van der Waals surface area contributed by atoms with Crippen molar-refractivity contribution in [1.29, 1.82) is 0 Å². The van der Waals surface area contributed by atoms with E-state index in [-0.39, 0.29) is 26.1 Å². The van der Waals surface area contributed by atoms with Crippen molar-refractivity contribution in [1.82, 2.24) is 4.90 Å². The van der Waals surface area contributed by atoms with Crippen molar-refractivity contribution < 1.29 is 23.4 Å². The molecule has 1 rings (SSSR count). The van der Waals surface area contributed by atoms with Crippen molar-refractivity contribution in [2.45, 2.75) is 18.2 Å². The summed E-state index contributed by atoms with van der Waals surface area (Å²) in [6.45, 7) is -0.264. The molecule has 0 aromatic carbocycles. The fourth-order valence-corrected chi connectivity index (χ4v) is 1.43. The minimum absolute atomic E-state index is 0.177. The van der Waals surface area contributed by atoms with Crippen molar-refractivity contribution in [2.24, 2.45) is 0 Å². The van der Waals surface area contributed by atoms with Gasteiger partial charge in [0.25, 0.3) is 0 Å². The van der Waals surface area contributed by atoms with Crippen LogP contribution < -0.4 is 0 Å². The normalized spacial score (nSPS) is 31.2. The molecule has 1 aliphatic rings. The van der Waals surface area contributed by atoms with E-state index in [1.165, 1.54) is 4.90 Å². The van der Waals surface area contributed by atoms with Crippen molar-refractivity contribution in [3.05, 3.63) is 0 Å². The summed E-state index contributed by atoms with van der Waals surface area (Å²) >= 11 is 0. The molecular weight excluding hydrogens is 187 g/mol. The highest BCUT2D eigenvalue weighted by Crippen LogP contribution is 2.37. The number of likely N-dealkylation sites (tertiary alicyclic amines) is 1. The second kappa shape index (κ2) is 3.43. The SMILES string of the molecule is OCCN1CC[C@](O)(C(F)(F)F)C1. The molecule has 0 aromatic rings. The van der Waals surface area contributed by atoms with Crippen LogP contribution in [0, 0.1) is 0 Å². The molecule has 0 unspecified atom stereocenters. The van der Waals surface area contributed by atoms with Crippen LogP contribution in [0.5, 0.6) is 0 Å². The molecule has 1 aliphatic heterocycles. The van der Waals surface area contributed by atoms with Gasteiger partial charge in [0.1, 0.15) is 0 Å². The fraction of sp³-hybridized carbons (Fsp3) is 1.00. The Hall–Kier alpha value is -0.330. The van der Waals surface area contributed by atoms with Crippen LogP contribution in [0.25, 0.3) is 0 Å². The Morgan fingerprint density at radius 2 is 2.00 bits per heavy atom. The molecule has 0 aromatic heterocycles. The number of hydrogen-bond donors (Lipinski definition) is 2. The molecule has 13 heavy (non-hydrogen) atoms. The molecule has 6 heteroatoms. The second-order valence-corrected chi connectivity index (χ2v) is 3.28. The Balaban J connectivity index is 2.56. The molecule has 0 saturated carbocycles. The van der Waals surface area contributed by atoms with Gasteiger partial charge in [-0.2, -0.15) is 13.2 Å². The van der Waals surface area contributed by atoms with E-state index < -0.39 is 18.3 Å². The lowest BCUT2D eigenvalue weighted by atomic mass is 10.0. The third-order valence-corrected chi connectivity index (χ3v) is 2.27. The zero-order valence-corrected chi connectivity index (χ0v) is 7.01. The Labute approximate surface area is 73.8 Å².